The van der Waals surface area contributed by atoms with Crippen molar-refractivity contribution in [1.29, 1.82) is 0 Å². The van der Waals surface area contributed by atoms with Crippen LogP contribution in [0.5, 0.6) is 0 Å². The number of hydrogen-bond acceptors (Lipinski definition) is 3. The summed E-state index contributed by atoms with van der Waals surface area (Å²) in [7, 11) is 3.95. The number of rotatable bonds is 4. The summed E-state index contributed by atoms with van der Waals surface area (Å²) in [5.41, 5.74) is 0.910. The van der Waals surface area contributed by atoms with Gasteiger partial charge in [-0.2, -0.15) is 0 Å². The van der Waals surface area contributed by atoms with E-state index in [4.69, 9.17) is 11.6 Å². The molecule has 1 aromatic carbocycles. The molecule has 0 saturated carbocycles. The highest BCUT2D eigenvalue weighted by Gasteiger charge is 2.34. The van der Waals surface area contributed by atoms with Crippen molar-refractivity contribution < 1.29 is 9.90 Å². The smallest absolute Gasteiger partial charge is 0.227 e. The van der Waals surface area contributed by atoms with E-state index in [2.05, 4.69) is 0 Å². The van der Waals surface area contributed by atoms with Gasteiger partial charge in [0.1, 0.15) is 0 Å². The topological polar surface area (TPSA) is 43.8 Å². The number of nitrogens with zero attached hydrogens (tertiary/aromatic N) is 2. The maximum absolute atomic E-state index is 12.4. The van der Waals surface area contributed by atoms with Crippen LogP contribution in [0.3, 0.4) is 0 Å². The quantitative estimate of drug-likeness (QED) is 0.913. The van der Waals surface area contributed by atoms with Crippen LogP contribution in [0, 0.1) is 0 Å². The second-order valence-corrected chi connectivity index (χ2v) is 6.09. The van der Waals surface area contributed by atoms with Crippen molar-refractivity contribution in [3.05, 3.63) is 34.9 Å². The van der Waals surface area contributed by atoms with E-state index in [1.807, 2.05) is 37.2 Å². The number of likely N-dealkylation sites (N-methyl/N-ethyl adjacent to an activating group) is 1. The Morgan fingerprint density at radius 3 is 2.90 bits per heavy atom. The Labute approximate surface area is 124 Å². The van der Waals surface area contributed by atoms with Gasteiger partial charge in [0.05, 0.1) is 12.5 Å². The molecule has 110 valence electrons. The Kier molecular flexibility index (Phi) is 5.02. The molecule has 0 aromatic heterocycles. The number of likely N-dealkylation sites (tertiary alicyclic amines) is 1. The van der Waals surface area contributed by atoms with Gasteiger partial charge in [-0.1, -0.05) is 23.7 Å². The lowest BCUT2D eigenvalue weighted by Crippen LogP contribution is -2.42. The second kappa shape index (κ2) is 6.57. The predicted molar refractivity (Wildman–Crippen MR) is 79.8 cm³/mol. The summed E-state index contributed by atoms with van der Waals surface area (Å²) in [5.74, 6) is 0.0515. The van der Waals surface area contributed by atoms with E-state index in [9.17, 15) is 9.90 Å². The minimum Gasteiger partial charge on any atom is -0.391 e. The minimum atomic E-state index is -0.414. The van der Waals surface area contributed by atoms with Crippen molar-refractivity contribution in [3.8, 4) is 0 Å². The minimum absolute atomic E-state index is 0.0515. The third-order valence-electron chi connectivity index (χ3n) is 3.53. The first kappa shape index (κ1) is 15.3. The molecular formula is C15H21ClN2O2. The van der Waals surface area contributed by atoms with Gasteiger partial charge in [-0.05, 0) is 38.2 Å². The lowest BCUT2D eigenvalue weighted by Gasteiger charge is -2.27. The van der Waals surface area contributed by atoms with E-state index in [1.54, 1.807) is 11.0 Å². The van der Waals surface area contributed by atoms with Crippen LogP contribution in [-0.2, 0) is 11.2 Å². The molecule has 1 aromatic rings. The maximum atomic E-state index is 12.4. The highest BCUT2D eigenvalue weighted by Crippen LogP contribution is 2.20. The van der Waals surface area contributed by atoms with E-state index >= 15 is 0 Å². The largest absolute Gasteiger partial charge is 0.391 e. The summed E-state index contributed by atoms with van der Waals surface area (Å²) in [6.45, 7) is 1.20. The number of carbonyl (C=O) groups is 1. The highest BCUT2D eigenvalue weighted by atomic mass is 35.5. The third-order valence-corrected chi connectivity index (χ3v) is 3.77. The lowest BCUT2D eigenvalue weighted by molar-refractivity contribution is -0.131. The molecule has 1 heterocycles. The van der Waals surface area contributed by atoms with Crippen molar-refractivity contribution >= 4 is 17.5 Å². The maximum Gasteiger partial charge on any atom is 0.227 e. The van der Waals surface area contributed by atoms with Crippen LogP contribution in [0.1, 0.15) is 12.0 Å². The Morgan fingerprint density at radius 2 is 2.25 bits per heavy atom. The molecular weight excluding hydrogens is 276 g/mol. The molecule has 20 heavy (non-hydrogen) atoms. The lowest BCUT2D eigenvalue weighted by atomic mass is 10.1. The standard InChI is InChI=1S/C15H21ClN2O2/c1-17(2)9-13-8-14(19)10-18(13)15(20)7-11-4-3-5-12(16)6-11/h3-6,13-14,19H,7-10H2,1-2H3. The van der Waals surface area contributed by atoms with Crippen molar-refractivity contribution in [1.82, 2.24) is 9.80 Å². The molecule has 1 fully saturated rings. The predicted octanol–water partition coefficient (Wildman–Crippen LogP) is 1.41. The fraction of sp³-hybridized carbons (Fsp3) is 0.533. The zero-order valence-electron chi connectivity index (χ0n) is 11.9. The first-order valence-electron chi connectivity index (χ1n) is 6.82. The van der Waals surface area contributed by atoms with Gasteiger partial charge in [0.25, 0.3) is 0 Å². The molecule has 1 N–H and O–H groups in total. The van der Waals surface area contributed by atoms with Gasteiger partial charge in [-0.25, -0.2) is 0 Å². The number of hydrogen-bond donors (Lipinski definition) is 1. The SMILES string of the molecule is CN(C)CC1CC(O)CN1C(=O)Cc1cccc(Cl)c1. The Morgan fingerprint density at radius 1 is 1.50 bits per heavy atom. The van der Waals surface area contributed by atoms with Gasteiger partial charge in [0, 0.05) is 24.2 Å². The molecule has 1 aliphatic rings. The molecule has 5 heteroatoms. The van der Waals surface area contributed by atoms with E-state index in [-0.39, 0.29) is 11.9 Å². The fourth-order valence-corrected chi connectivity index (χ4v) is 2.93. The van der Waals surface area contributed by atoms with Gasteiger partial charge in [-0.15, -0.1) is 0 Å². The average Bonchev–Trinajstić information content (AvgIpc) is 2.69. The zero-order chi connectivity index (χ0) is 14.7. The van der Waals surface area contributed by atoms with Crippen molar-refractivity contribution in [2.45, 2.75) is 25.0 Å². The Hall–Kier alpha value is -1.10. The number of aliphatic hydroxyl groups is 1. The summed E-state index contributed by atoms with van der Waals surface area (Å²) in [5, 5.41) is 10.4. The normalized spacial score (nSPS) is 22.6. The van der Waals surface area contributed by atoms with Gasteiger partial charge >= 0.3 is 0 Å². The highest BCUT2D eigenvalue weighted by molar-refractivity contribution is 6.30. The number of benzene rings is 1. The van der Waals surface area contributed by atoms with Crippen molar-refractivity contribution in [2.24, 2.45) is 0 Å². The summed E-state index contributed by atoms with van der Waals surface area (Å²) < 4.78 is 0. The van der Waals surface area contributed by atoms with Crippen LogP contribution in [-0.4, -0.2) is 60.1 Å². The molecule has 0 aliphatic carbocycles. The van der Waals surface area contributed by atoms with Crippen LogP contribution in [0.4, 0.5) is 0 Å². The monoisotopic (exact) mass is 296 g/mol. The van der Waals surface area contributed by atoms with Gasteiger partial charge < -0.3 is 14.9 Å². The van der Waals surface area contributed by atoms with Crippen molar-refractivity contribution in [3.63, 3.8) is 0 Å². The molecule has 1 amide bonds. The van der Waals surface area contributed by atoms with Gasteiger partial charge in [-0.3, -0.25) is 4.79 Å². The zero-order valence-corrected chi connectivity index (χ0v) is 12.7. The van der Waals surface area contributed by atoms with Crippen molar-refractivity contribution in [2.75, 3.05) is 27.2 Å². The van der Waals surface area contributed by atoms with E-state index < -0.39 is 6.10 Å². The molecule has 0 spiro atoms. The van der Waals surface area contributed by atoms with Crippen LogP contribution in [0.25, 0.3) is 0 Å². The van der Waals surface area contributed by atoms with E-state index in [0.29, 0.717) is 24.4 Å². The third kappa shape index (κ3) is 3.95. The molecule has 0 radical (unpaired) electrons. The first-order valence-corrected chi connectivity index (χ1v) is 7.20. The average molecular weight is 297 g/mol. The number of β-amino-alcohol motifs (C(OH)–C–C–N with tert-alkyl or cyclic N) is 1. The molecule has 2 unspecified atom stereocenters. The molecule has 2 rings (SSSR count). The summed E-state index contributed by atoms with van der Waals surface area (Å²) in [6.07, 6.45) is 0.569. The molecule has 1 aliphatic heterocycles. The van der Waals surface area contributed by atoms with Crippen LogP contribution >= 0.6 is 11.6 Å². The van der Waals surface area contributed by atoms with Gasteiger partial charge in [0.2, 0.25) is 5.91 Å². The van der Waals surface area contributed by atoms with Crippen LogP contribution in [0.2, 0.25) is 5.02 Å². The second-order valence-electron chi connectivity index (χ2n) is 5.66. The Balaban J connectivity index is 2.03. The molecule has 4 nitrogen and oxygen atoms in total. The summed E-state index contributed by atoms with van der Waals surface area (Å²) >= 11 is 5.94. The fourth-order valence-electron chi connectivity index (χ4n) is 2.72. The van der Waals surface area contributed by atoms with Crippen LogP contribution < -0.4 is 0 Å². The number of halogens is 1. The number of carbonyl (C=O) groups excluding carboxylic acids is 1. The number of aliphatic hydroxyl groups excluding tert-OH is 1. The van der Waals surface area contributed by atoms with Gasteiger partial charge in [0.15, 0.2) is 0 Å². The summed E-state index contributed by atoms with van der Waals surface area (Å²) in [6, 6.07) is 7.45. The Bertz CT molecular complexity index is 479. The van der Waals surface area contributed by atoms with E-state index in [0.717, 1.165) is 12.1 Å². The van der Waals surface area contributed by atoms with Crippen LogP contribution in [0.15, 0.2) is 24.3 Å². The molecule has 1 saturated heterocycles. The molecule has 2 atom stereocenters. The number of amides is 1. The molecule has 0 bridgehead atoms. The first-order chi connectivity index (χ1) is 9.45. The summed E-state index contributed by atoms with van der Waals surface area (Å²) in [4.78, 5) is 16.3. The van der Waals surface area contributed by atoms with E-state index in [1.165, 1.54) is 0 Å².